The summed E-state index contributed by atoms with van der Waals surface area (Å²) >= 11 is 0. The third-order valence-electron chi connectivity index (χ3n) is 4.29. The van der Waals surface area contributed by atoms with Crippen LogP contribution in [0.3, 0.4) is 0 Å². The second-order valence-corrected chi connectivity index (χ2v) is 6.06. The van der Waals surface area contributed by atoms with Gasteiger partial charge < -0.3 is 14.6 Å². The maximum Gasteiger partial charge on any atom is 0.241 e. The molecule has 0 radical (unpaired) electrons. The van der Waals surface area contributed by atoms with Crippen molar-refractivity contribution in [3.05, 3.63) is 35.9 Å². The van der Waals surface area contributed by atoms with Crippen molar-refractivity contribution in [1.29, 1.82) is 0 Å². The van der Waals surface area contributed by atoms with Gasteiger partial charge in [0.2, 0.25) is 11.8 Å². The predicted octanol–water partition coefficient (Wildman–Crippen LogP) is 1.50. The molecule has 1 saturated heterocycles. The molecule has 1 aliphatic carbocycles. The van der Waals surface area contributed by atoms with Crippen molar-refractivity contribution in [1.82, 2.24) is 15.1 Å². The number of piperazine rings is 1. The maximum absolute atomic E-state index is 12.8. The minimum atomic E-state index is -0.0153. The summed E-state index contributed by atoms with van der Waals surface area (Å²) < 4.78 is 5.41. The summed E-state index contributed by atoms with van der Waals surface area (Å²) in [5.74, 6) is 0.795. The van der Waals surface area contributed by atoms with Gasteiger partial charge in [0, 0.05) is 18.8 Å². The van der Waals surface area contributed by atoms with E-state index in [1.165, 1.54) is 6.42 Å². The lowest BCUT2D eigenvalue weighted by molar-refractivity contribution is -0.133. The first kappa shape index (κ1) is 15.8. The molecule has 1 aliphatic heterocycles. The number of furan rings is 1. The summed E-state index contributed by atoms with van der Waals surface area (Å²) in [6, 6.07) is 3.72. The zero-order valence-corrected chi connectivity index (χ0v) is 13.3. The fourth-order valence-corrected chi connectivity index (χ4v) is 3.08. The highest BCUT2D eigenvalue weighted by molar-refractivity contribution is 5.82. The molecule has 0 atom stereocenters. The van der Waals surface area contributed by atoms with Crippen molar-refractivity contribution in [3.63, 3.8) is 0 Å². The van der Waals surface area contributed by atoms with E-state index >= 15 is 0 Å². The van der Waals surface area contributed by atoms with Crippen molar-refractivity contribution in [2.45, 2.75) is 32.2 Å². The third-order valence-corrected chi connectivity index (χ3v) is 4.29. The maximum atomic E-state index is 12.8. The van der Waals surface area contributed by atoms with Crippen molar-refractivity contribution in [3.8, 4) is 0 Å². The van der Waals surface area contributed by atoms with Crippen LogP contribution in [0.1, 0.15) is 31.4 Å². The van der Waals surface area contributed by atoms with Gasteiger partial charge >= 0.3 is 0 Å². The molecule has 1 fully saturated rings. The minimum absolute atomic E-state index is 0.0153. The van der Waals surface area contributed by atoms with E-state index in [-0.39, 0.29) is 18.4 Å². The van der Waals surface area contributed by atoms with Gasteiger partial charge in [-0.25, -0.2) is 0 Å². The largest absolute Gasteiger partial charge is 0.467 e. The molecule has 6 heteroatoms. The van der Waals surface area contributed by atoms with Crippen LogP contribution in [0.15, 0.2) is 34.6 Å². The van der Waals surface area contributed by atoms with Crippen LogP contribution in [0, 0.1) is 0 Å². The second kappa shape index (κ2) is 7.46. The summed E-state index contributed by atoms with van der Waals surface area (Å²) in [5, 5.41) is 2.78. The SMILES string of the molecule is O=C1CN(CC(=O)N(Cc2ccco2)C2=CCCCC2)CCN1. The van der Waals surface area contributed by atoms with E-state index in [9.17, 15) is 9.59 Å². The Hall–Kier alpha value is -2.08. The van der Waals surface area contributed by atoms with Crippen LogP contribution < -0.4 is 5.32 Å². The number of allylic oxidation sites excluding steroid dienone is 2. The van der Waals surface area contributed by atoms with Crippen LogP contribution in [0.4, 0.5) is 0 Å². The van der Waals surface area contributed by atoms with Crippen molar-refractivity contribution >= 4 is 11.8 Å². The summed E-state index contributed by atoms with van der Waals surface area (Å²) in [6.45, 7) is 2.33. The monoisotopic (exact) mass is 317 g/mol. The van der Waals surface area contributed by atoms with Crippen molar-refractivity contribution < 1.29 is 14.0 Å². The highest BCUT2D eigenvalue weighted by atomic mass is 16.3. The van der Waals surface area contributed by atoms with E-state index in [4.69, 9.17) is 4.42 Å². The van der Waals surface area contributed by atoms with E-state index in [0.29, 0.717) is 26.2 Å². The molecule has 1 aromatic rings. The van der Waals surface area contributed by atoms with Gasteiger partial charge in [0.1, 0.15) is 5.76 Å². The van der Waals surface area contributed by atoms with E-state index in [1.807, 2.05) is 21.9 Å². The van der Waals surface area contributed by atoms with Gasteiger partial charge in [-0.1, -0.05) is 6.08 Å². The molecule has 0 unspecified atom stereocenters. The molecule has 0 saturated carbocycles. The first-order chi connectivity index (χ1) is 11.2. The molecule has 2 heterocycles. The van der Waals surface area contributed by atoms with Gasteiger partial charge in [-0.2, -0.15) is 0 Å². The molecule has 3 rings (SSSR count). The van der Waals surface area contributed by atoms with Crippen LogP contribution in [-0.2, 0) is 16.1 Å². The molecule has 23 heavy (non-hydrogen) atoms. The van der Waals surface area contributed by atoms with E-state index in [2.05, 4.69) is 11.4 Å². The van der Waals surface area contributed by atoms with Crippen molar-refractivity contribution in [2.75, 3.05) is 26.2 Å². The fraction of sp³-hybridized carbons (Fsp3) is 0.529. The molecule has 0 spiro atoms. The lowest BCUT2D eigenvalue weighted by atomic mass is 10.0. The fourth-order valence-electron chi connectivity index (χ4n) is 3.08. The highest BCUT2D eigenvalue weighted by Crippen LogP contribution is 2.23. The number of rotatable bonds is 5. The Labute approximate surface area is 136 Å². The zero-order chi connectivity index (χ0) is 16.1. The first-order valence-corrected chi connectivity index (χ1v) is 8.23. The molecule has 2 amide bonds. The van der Waals surface area contributed by atoms with E-state index in [0.717, 1.165) is 30.7 Å². The first-order valence-electron chi connectivity index (χ1n) is 8.23. The molecule has 124 valence electrons. The number of hydrogen-bond donors (Lipinski definition) is 1. The van der Waals surface area contributed by atoms with Crippen molar-refractivity contribution in [2.24, 2.45) is 0 Å². The highest BCUT2D eigenvalue weighted by Gasteiger charge is 2.25. The van der Waals surface area contributed by atoms with Gasteiger partial charge in [-0.05, 0) is 37.8 Å². The standard InChI is InChI=1S/C17H23N3O3/c21-16-12-19(9-8-18-16)13-17(22)20(11-15-7-4-10-23-15)14-5-2-1-3-6-14/h4-5,7,10H,1-3,6,8-9,11-13H2,(H,18,21). The van der Waals surface area contributed by atoms with E-state index in [1.54, 1.807) is 6.26 Å². The molecule has 0 bridgehead atoms. The molecule has 1 N–H and O–H groups in total. The Balaban J connectivity index is 1.69. The van der Waals surface area contributed by atoms with Gasteiger partial charge in [0.15, 0.2) is 0 Å². The molecular weight excluding hydrogens is 294 g/mol. The Bertz CT molecular complexity index is 580. The van der Waals surface area contributed by atoms with Crippen LogP contribution >= 0.6 is 0 Å². The lowest BCUT2D eigenvalue weighted by Gasteiger charge is -2.31. The Morgan fingerprint density at radius 1 is 1.39 bits per heavy atom. The summed E-state index contributed by atoms with van der Waals surface area (Å²) in [7, 11) is 0. The molecule has 2 aliphatic rings. The van der Waals surface area contributed by atoms with Crippen LogP contribution in [0.2, 0.25) is 0 Å². The molecular formula is C17H23N3O3. The molecule has 6 nitrogen and oxygen atoms in total. The number of nitrogens with one attached hydrogen (secondary N) is 1. The van der Waals surface area contributed by atoms with Gasteiger partial charge in [-0.3, -0.25) is 14.5 Å². The van der Waals surface area contributed by atoms with Gasteiger partial charge in [0.05, 0.1) is 25.9 Å². The normalized spacial score (nSPS) is 19.1. The molecule has 1 aromatic heterocycles. The van der Waals surface area contributed by atoms with Crippen LogP contribution in [-0.4, -0.2) is 47.8 Å². The second-order valence-electron chi connectivity index (χ2n) is 6.06. The summed E-state index contributed by atoms with van der Waals surface area (Å²) in [4.78, 5) is 28.0. The zero-order valence-electron chi connectivity index (χ0n) is 13.3. The number of carbonyl (C=O) groups excluding carboxylic acids is 2. The third kappa shape index (κ3) is 4.22. The Morgan fingerprint density at radius 3 is 3.00 bits per heavy atom. The van der Waals surface area contributed by atoms with Crippen LogP contribution in [0.5, 0.6) is 0 Å². The van der Waals surface area contributed by atoms with Crippen LogP contribution in [0.25, 0.3) is 0 Å². The Morgan fingerprint density at radius 2 is 2.30 bits per heavy atom. The summed E-state index contributed by atoms with van der Waals surface area (Å²) in [6.07, 6.45) is 8.02. The molecule has 0 aromatic carbocycles. The number of nitrogens with zero attached hydrogens (tertiary/aromatic N) is 2. The average molecular weight is 317 g/mol. The minimum Gasteiger partial charge on any atom is -0.467 e. The van der Waals surface area contributed by atoms with E-state index < -0.39 is 0 Å². The predicted molar refractivity (Wildman–Crippen MR) is 85.3 cm³/mol. The lowest BCUT2D eigenvalue weighted by Crippen LogP contribution is -2.51. The van der Waals surface area contributed by atoms with Gasteiger partial charge in [0.25, 0.3) is 0 Å². The summed E-state index contributed by atoms with van der Waals surface area (Å²) in [5.41, 5.74) is 1.08. The average Bonchev–Trinajstić information content (AvgIpc) is 3.06. The number of amides is 2. The number of hydrogen-bond acceptors (Lipinski definition) is 4. The topological polar surface area (TPSA) is 65.8 Å². The Kier molecular flexibility index (Phi) is 5.12. The smallest absolute Gasteiger partial charge is 0.241 e. The quantitative estimate of drug-likeness (QED) is 0.894. The van der Waals surface area contributed by atoms with Gasteiger partial charge in [-0.15, -0.1) is 0 Å². The number of carbonyl (C=O) groups is 2.